The van der Waals surface area contributed by atoms with Crippen molar-refractivity contribution in [1.82, 2.24) is 0 Å². The number of hydrogen-bond donors (Lipinski definition) is 1. The summed E-state index contributed by atoms with van der Waals surface area (Å²) in [5.74, 6) is 0. The van der Waals surface area contributed by atoms with Crippen molar-refractivity contribution in [3.05, 3.63) is 59.7 Å². The summed E-state index contributed by atoms with van der Waals surface area (Å²) in [6.07, 6.45) is 2.05. The van der Waals surface area contributed by atoms with E-state index in [-0.39, 0.29) is 10.9 Å². The van der Waals surface area contributed by atoms with Crippen molar-refractivity contribution in [2.45, 2.75) is 17.8 Å². The van der Waals surface area contributed by atoms with Crippen molar-refractivity contribution >= 4 is 39.3 Å². The summed E-state index contributed by atoms with van der Waals surface area (Å²) in [5, 5.41) is 5.68. The summed E-state index contributed by atoms with van der Waals surface area (Å²) < 4.78 is 0.944. The largest absolute Gasteiger partial charge is 0.362 e. The van der Waals surface area contributed by atoms with Crippen LogP contribution < -0.4 is 10.4 Å². The van der Waals surface area contributed by atoms with E-state index >= 15 is 0 Å². The normalized spacial score (nSPS) is 24.5. The molecule has 0 bridgehead atoms. The Morgan fingerprint density at radius 3 is 2.68 bits per heavy atom. The Hall–Kier alpha value is -1.63. The van der Waals surface area contributed by atoms with Crippen LogP contribution in [0, 0.1) is 6.92 Å². The molecule has 0 aliphatic carbocycles. The Balaban J connectivity index is 1.76. The minimum atomic E-state index is -0.185. The summed E-state index contributed by atoms with van der Waals surface area (Å²) in [7, 11) is 1.73. The summed E-state index contributed by atoms with van der Waals surface area (Å²) in [4.78, 5) is 10.6. The fourth-order valence-corrected chi connectivity index (χ4v) is 5.57. The molecule has 0 radical (unpaired) electrons. The van der Waals surface area contributed by atoms with Crippen LogP contribution in [-0.4, -0.2) is 30.5 Å². The van der Waals surface area contributed by atoms with Gasteiger partial charge in [0.25, 0.3) is 0 Å². The molecule has 2 heterocycles. The second-order valence-corrected chi connectivity index (χ2v) is 8.59. The third-order valence-corrected chi connectivity index (χ3v) is 7.18. The van der Waals surface area contributed by atoms with Gasteiger partial charge in [-0.3, -0.25) is 9.83 Å². The van der Waals surface area contributed by atoms with Gasteiger partial charge in [-0.15, -0.1) is 11.8 Å². The smallest absolute Gasteiger partial charge is 0.146 e. The van der Waals surface area contributed by atoms with Crippen molar-refractivity contribution in [1.29, 1.82) is 0 Å². The van der Waals surface area contributed by atoms with Crippen LogP contribution in [0.25, 0.3) is 0 Å². The van der Waals surface area contributed by atoms with Gasteiger partial charge < -0.3 is 5.32 Å². The fraction of sp³-hybridized carbons (Fsp3) is 0.316. The molecule has 1 N–H and O–H groups in total. The first-order chi connectivity index (χ1) is 12.2. The molecule has 0 saturated heterocycles. The standard InChI is InChI=1S/C19H21N3OS2/c1-13-8-10-14(11-9-13)21-17-19(12-20-18(24-3)25-19)15-6-4-5-7-16(15)22(17)23-2/h4-11,17,21H,12H2,1-3H3/t17?,19-/m0/s1. The Kier molecular flexibility index (Phi) is 4.43. The zero-order chi connectivity index (χ0) is 17.4. The highest BCUT2D eigenvalue weighted by molar-refractivity contribution is 8.39. The number of thioether (sulfide) groups is 2. The van der Waals surface area contributed by atoms with Crippen molar-refractivity contribution in [2.24, 2.45) is 4.99 Å². The van der Waals surface area contributed by atoms with E-state index in [2.05, 4.69) is 67.0 Å². The molecule has 2 aliphatic heterocycles. The Labute approximate surface area is 157 Å². The van der Waals surface area contributed by atoms with Crippen molar-refractivity contribution in [3.8, 4) is 0 Å². The fourth-order valence-electron chi connectivity index (χ4n) is 3.48. The number of aliphatic imine (C=N–C) groups is 1. The Bertz CT molecular complexity index is 809. The molecule has 0 saturated carbocycles. The predicted molar refractivity (Wildman–Crippen MR) is 110 cm³/mol. The lowest BCUT2D eigenvalue weighted by atomic mass is 9.97. The molecule has 4 nitrogen and oxygen atoms in total. The molecule has 25 heavy (non-hydrogen) atoms. The minimum Gasteiger partial charge on any atom is -0.362 e. The van der Waals surface area contributed by atoms with Crippen molar-refractivity contribution < 1.29 is 4.84 Å². The number of rotatable bonds is 3. The van der Waals surface area contributed by atoms with E-state index in [1.165, 1.54) is 11.1 Å². The average molecular weight is 372 g/mol. The number of hydroxylamine groups is 1. The predicted octanol–water partition coefficient (Wildman–Crippen LogP) is 4.48. The first-order valence-electron chi connectivity index (χ1n) is 8.21. The van der Waals surface area contributed by atoms with Crippen molar-refractivity contribution in [3.63, 3.8) is 0 Å². The lowest BCUT2D eigenvalue weighted by Crippen LogP contribution is -2.48. The Morgan fingerprint density at radius 2 is 2.00 bits per heavy atom. The van der Waals surface area contributed by atoms with Gasteiger partial charge in [0.05, 0.1) is 19.3 Å². The number of hydrogen-bond acceptors (Lipinski definition) is 6. The first-order valence-corrected chi connectivity index (χ1v) is 10.3. The number of aryl methyl sites for hydroxylation is 1. The number of para-hydroxylation sites is 1. The molecule has 2 aromatic carbocycles. The second kappa shape index (κ2) is 6.59. The van der Waals surface area contributed by atoms with Gasteiger partial charge in [0.1, 0.15) is 15.3 Å². The number of anilines is 2. The van der Waals surface area contributed by atoms with Crippen LogP contribution in [-0.2, 0) is 9.58 Å². The molecule has 0 aromatic heterocycles. The van der Waals surface area contributed by atoms with Crippen LogP contribution in [0.4, 0.5) is 11.4 Å². The van der Waals surface area contributed by atoms with Crippen LogP contribution in [0.5, 0.6) is 0 Å². The van der Waals surface area contributed by atoms with Crippen LogP contribution >= 0.6 is 23.5 Å². The van der Waals surface area contributed by atoms with Gasteiger partial charge in [-0.05, 0) is 31.4 Å². The monoisotopic (exact) mass is 371 g/mol. The Morgan fingerprint density at radius 1 is 1.24 bits per heavy atom. The molecule has 6 heteroatoms. The molecule has 2 aromatic rings. The number of nitrogens with zero attached hydrogens (tertiary/aromatic N) is 2. The zero-order valence-corrected chi connectivity index (χ0v) is 16.2. The maximum absolute atomic E-state index is 5.80. The van der Waals surface area contributed by atoms with Crippen LogP contribution in [0.15, 0.2) is 53.5 Å². The van der Waals surface area contributed by atoms with Gasteiger partial charge in [-0.2, -0.15) is 0 Å². The molecule has 4 rings (SSSR count). The average Bonchev–Trinajstić information content (AvgIpc) is 3.18. The zero-order valence-electron chi connectivity index (χ0n) is 14.5. The lowest BCUT2D eigenvalue weighted by Gasteiger charge is -2.35. The van der Waals surface area contributed by atoms with Crippen LogP contribution in [0.3, 0.4) is 0 Å². The van der Waals surface area contributed by atoms with Crippen molar-refractivity contribution in [2.75, 3.05) is 30.3 Å². The van der Waals surface area contributed by atoms with E-state index in [1.54, 1.807) is 18.9 Å². The van der Waals surface area contributed by atoms with E-state index in [0.29, 0.717) is 0 Å². The summed E-state index contributed by atoms with van der Waals surface area (Å²) >= 11 is 3.55. The maximum atomic E-state index is 5.80. The summed E-state index contributed by atoms with van der Waals surface area (Å²) in [6, 6.07) is 17.0. The number of nitrogens with one attached hydrogen (secondary N) is 1. The molecular formula is C19H21N3OS2. The lowest BCUT2D eigenvalue weighted by molar-refractivity contribution is 0.145. The highest BCUT2D eigenvalue weighted by Gasteiger charge is 2.55. The summed E-state index contributed by atoms with van der Waals surface area (Å²) in [5.41, 5.74) is 4.73. The highest BCUT2D eigenvalue weighted by atomic mass is 32.2. The van der Waals surface area contributed by atoms with Gasteiger partial charge in [-0.25, -0.2) is 5.06 Å². The van der Waals surface area contributed by atoms with E-state index in [0.717, 1.165) is 22.3 Å². The molecule has 2 atom stereocenters. The molecule has 130 valence electrons. The quantitative estimate of drug-likeness (QED) is 0.861. The van der Waals surface area contributed by atoms with E-state index in [4.69, 9.17) is 9.83 Å². The third kappa shape index (κ3) is 2.72. The van der Waals surface area contributed by atoms with E-state index < -0.39 is 0 Å². The van der Waals surface area contributed by atoms with Gasteiger partial charge >= 0.3 is 0 Å². The SMILES string of the molecule is CON1c2ccccc2[C@@]2(CN=C(SC)S2)C1Nc1ccc(C)cc1. The van der Waals surface area contributed by atoms with Crippen LogP contribution in [0.2, 0.25) is 0 Å². The number of fused-ring (bicyclic) bond motifs is 2. The van der Waals surface area contributed by atoms with E-state index in [1.807, 2.05) is 16.8 Å². The van der Waals surface area contributed by atoms with Gasteiger partial charge in [-0.1, -0.05) is 47.7 Å². The third-order valence-electron chi connectivity index (χ3n) is 4.71. The first kappa shape index (κ1) is 16.8. The highest BCUT2D eigenvalue weighted by Crippen LogP contribution is 2.56. The molecule has 1 spiro atoms. The number of benzene rings is 2. The molecule has 1 unspecified atom stereocenters. The summed E-state index contributed by atoms with van der Waals surface area (Å²) in [6.45, 7) is 2.85. The minimum absolute atomic E-state index is 0.0315. The second-order valence-electron chi connectivity index (χ2n) is 6.22. The maximum Gasteiger partial charge on any atom is 0.146 e. The van der Waals surface area contributed by atoms with Gasteiger partial charge in [0.15, 0.2) is 0 Å². The molecule has 0 amide bonds. The molecule has 0 fully saturated rings. The van der Waals surface area contributed by atoms with Gasteiger partial charge in [0, 0.05) is 11.3 Å². The van der Waals surface area contributed by atoms with Gasteiger partial charge in [0.2, 0.25) is 0 Å². The molecular weight excluding hydrogens is 350 g/mol. The van der Waals surface area contributed by atoms with E-state index in [9.17, 15) is 0 Å². The van der Waals surface area contributed by atoms with Crippen LogP contribution in [0.1, 0.15) is 11.1 Å². The molecule has 2 aliphatic rings. The topological polar surface area (TPSA) is 36.9 Å².